The van der Waals surface area contributed by atoms with Crippen LogP contribution >= 0.6 is 11.3 Å². The first kappa shape index (κ1) is 17.3. The third-order valence-electron chi connectivity index (χ3n) is 4.24. The number of anilines is 1. The number of fused-ring (bicyclic) bond motifs is 1. The van der Waals surface area contributed by atoms with Crippen LogP contribution in [0, 0.1) is 0 Å². The summed E-state index contributed by atoms with van der Waals surface area (Å²) in [6.45, 7) is 2.52. The maximum atomic E-state index is 12.7. The summed E-state index contributed by atoms with van der Waals surface area (Å²) in [6.07, 6.45) is 7.31. The first-order chi connectivity index (χ1) is 13.1. The molecule has 3 N–H and O–H groups in total. The monoisotopic (exact) mass is 383 g/mol. The molecule has 2 aliphatic heterocycles. The van der Waals surface area contributed by atoms with Gasteiger partial charge >= 0.3 is 0 Å². The molecule has 27 heavy (non-hydrogen) atoms. The van der Waals surface area contributed by atoms with Gasteiger partial charge in [0.15, 0.2) is 0 Å². The minimum Gasteiger partial charge on any atom is -0.384 e. The number of hydrogen-bond acceptors (Lipinski definition) is 8. The van der Waals surface area contributed by atoms with E-state index in [1.165, 1.54) is 17.7 Å². The number of carbonyl (C=O) groups is 2. The fourth-order valence-electron chi connectivity index (χ4n) is 2.87. The molecule has 0 bridgehead atoms. The van der Waals surface area contributed by atoms with Crippen molar-refractivity contribution >= 4 is 34.7 Å². The van der Waals surface area contributed by atoms with Crippen LogP contribution in [0.25, 0.3) is 0 Å². The molecule has 0 aliphatic carbocycles. The number of aliphatic imine (C=N–C) groups is 1. The van der Waals surface area contributed by atoms with Crippen molar-refractivity contribution in [2.75, 3.05) is 11.9 Å². The fraction of sp³-hybridized carbons (Fsp3) is 0.294. The normalized spacial score (nSPS) is 16.6. The molecule has 2 amide bonds. The summed E-state index contributed by atoms with van der Waals surface area (Å²) in [5, 5.41) is 9.50. The van der Waals surface area contributed by atoms with Crippen LogP contribution in [0.3, 0.4) is 0 Å². The summed E-state index contributed by atoms with van der Waals surface area (Å²) in [4.78, 5) is 42.1. The maximum Gasteiger partial charge on any atom is 0.270 e. The summed E-state index contributed by atoms with van der Waals surface area (Å²) in [6, 6.07) is -0.285. The van der Waals surface area contributed by atoms with E-state index in [4.69, 9.17) is 0 Å². The molecule has 0 saturated heterocycles. The van der Waals surface area contributed by atoms with Gasteiger partial charge in [0.25, 0.3) is 5.91 Å². The topological polar surface area (TPSA) is 121 Å². The lowest BCUT2D eigenvalue weighted by molar-refractivity contribution is -0.116. The second-order valence-corrected chi connectivity index (χ2v) is 7.19. The summed E-state index contributed by atoms with van der Waals surface area (Å²) < 4.78 is 0. The Morgan fingerprint density at radius 3 is 3.00 bits per heavy atom. The Morgan fingerprint density at radius 2 is 2.19 bits per heavy atom. The van der Waals surface area contributed by atoms with Gasteiger partial charge in [-0.25, -0.2) is 15.0 Å². The highest BCUT2D eigenvalue weighted by Crippen LogP contribution is 2.24. The first-order valence-corrected chi connectivity index (χ1v) is 9.29. The van der Waals surface area contributed by atoms with E-state index in [0.717, 1.165) is 15.6 Å². The lowest BCUT2D eigenvalue weighted by Gasteiger charge is -2.18. The highest BCUT2D eigenvalue weighted by Gasteiger charge is 2.25. The van der Waals surface area contributed by atoms with E-state index >= 15 is 0 Å². The van der Waals surface area contributed by atoms with Gasteiger partial charge in [-0.2, -0.15) is 0 Å². The van der Waals surface area contributed by atoms with Crippen LogP contribution in [-0.4, -0.2) is 39.0 Å². The van der Waals surface area contributed by atoms with Crippen molar-refractivity contribution in [2.24, 2.45) is 4.99 Å². The first-order valence-electron chi connectivity index (χ1n) is 8.47. The average molecular weight is 383 g/mol. The molecule has 4 rings (SSSR count). The number of thiazole rings is 1. The van der Waals surface area contributed by atoms with Crippen LogP contribution in [-0.2, 0) is 11.2 Å². The van der Waals surface area contributed by atoms with Gasteiger partial charge in [-0.3, -0.25) is 14.6 Å². The number of aromatic nitrogens is 3. The van der Waals surface area contributed by atoms with E-state index in [1.54, 1.807) is 18.6 Å². The van der Waals surface area contributed by atoms with Crippen molar-refractivity contribution in [2.45, 2.75) is 25.8 Å². The minimum absolute atomic E-state index is 0.105. The smallest absolute Gasteiger partial charge is 0.270 e. The van der Waals surface area contributed by atoms with Crippen molar-refractivity contribution in [1.82, 2.24) is 25.6 Å². The fourth-order valence-corrected chi connectivity index (χ4v) is 3.78. The SMILES string of the molecule is CC(NC(=O)c1ncnc2c1CCC(=O)N2)c1ncc(C2=NC=CNC2)s1. The Labute approximate surface area is 159 Å². The number of nitrogens with one attached hydrogen (secondary N) is 3. The Bertz CT molecular complexity index is 966. The molecule has 2 aromatic heterocycles. The molecular weight excluding hydrogens is 366 g/mol. The molecule has 10 heteroatoms. The van der Waals surface area contributed by atoms with Crippen molar-refractivity contribution in [3.63, 3.8) is 0 Å². The second kappa shape index (κ2) is 7.23. The van der Waals surface area contributed by atoms with E-state index in [-0.39, 0.29) is 23.6 Å². The van der Waals surface area contributed by atoms with Crippen LogP contribution in [0.1, 0.15) is 45.3 Å². The summed E-state index contributed by atoms with van der Waals surface area (Å²) in [5.74, 6) is -0.00804. The van der Waals surface area contributed by atoms with Crippen LogP contribution in [0.2, 0.25) is 0 Å². The number of rotatable bonds is 4. The number of nitrogens with zero attached hydrogens (tertiary/aromatic N) is 4. The zero-order chi connectivity index (χ0) is 18.8. The highest BCUT2D eigenvalue weighted by molar-refractivity contribution is 7.13. The predicted molar refractivity (Wildman–Crippen MR) is 101 cm³/mol. The molecule has 138 valence electrons. The lowest BCUT2D eigenvalue weighted by atomic mass is 10.0. The molecule has 0 radical (unpaired) electrons. The Hall–Kier alpha value is -3.14. The Balaban J connectivity index is 1.50. The number of amides is 2. The molecule has 2 aromatic rings. The minimum atomic E-state index is -0.311. The van der Waals surface area contributed by atoms with Gasteiger partial charge in [0.2, 0.25) is 5.91 Å². The molecule has 0 aromatic carbocycles. The van der Waals surface area contributed by atoms with Gasteiger partial charge in [0, 0.05) is 30.6 Å². The third-order valence-corrected chi connectivity index (χ3v) is 5.47. The van der Waals surface area contributed by atoms with Gasteiger partial charge in [-0.1, -0.05) is 0 Å². The van der Waals surface area contributed by atoms with Crippen LogP contribution in [0.4, 0.5) is 5.82 Å². The van der Waals surface area contributed by atoms with Gasteiger partial charge in [-0.05, 0) is 13.3 Å². The van der Waals surface area contributed by atoms with E-state index in [2.05, 4.69) is 35.9 Å². The average Bonchev–Trinajstić information content (AvgIpc) is 3.18. The van der Waals surface area contributed by atoms with E-state index < -0.39 is 0 Å². The van der Waals surface area contributed by atoms with Crippen molar-refractivity contribution < 1.29 is 9.59 Å². The summed E-state index contributed by atoms with van der Waals surface area (Å²) >= 11 is 1.49. The summed E-state index contributed by atoms with van der Waals surface area (Å²) in [5.41, 5.74) is 1.87. The molecule has 9 nitrogen and oxygen atoms in total. The van der Waals surface area contributed by atoms with Gasteiger partial charge < -0.3 is 16.0 Å². The molecule has 4 heterocycles. The molecule has 0 spiro atoms. The standard InChI is InChI=1S/C17H17N7O2S/c1-9(17-20-7-12(27-17)11-6-18-4-5-19-11)23-16(26)14-10-2-3-13(25)24-15(10)22-8-21-14/h4-5,7-9,18H,2-3,6H2,1H3,(H,23,26)(H,21,22,24,25). The maximum absolute atomic E-state index is 12.7. The van der Waals surface area contributed by atoms with Gasteiger partial charge in [0.05, 0.1) is 23.2 Å². The third kappa shape index (κ3) is 3.56. The van der Waals surface area contributed by atoms with Crippen LogP contribution in [0.15, 0.2) is 29.9 Å². The Kier molecular flexibility index (Phi) is 4.63. The van der Waals surface area contributed by atoms with Crippen molar-refractivity contribution in [3.05, 3.63) is 46.1 Å². The van der Waals surface area contributed by atoms with Crippen molar-refractivity contribution in [3.8, 4) is 0 Å². The van der Waals surface area contributed by atoms with Gasteiger partial charge in [0.1, 0.15) is 22.8 Å². The zero-order valence-corrected chi connectivity index (χ0v) is 15.3. The largest absolute Gasteiger partial charge is 0.384 e. The lowest BCUT2D eigenvalue weighted by Crippen LogP contribution is -2.30. The van der Waals surface area contributed by atoms with Crippen LogP contribution < -0.4 is 16.0 Å². The summed E-state index contributed by atoms with van der Waals surface area (Å²) in [7, 11) is 0. The van der Waals surface area contributed by atoms with Gasteiger partial charge in [-0.15, -0.1) is 11.3 Å². The molecule has 0 fully saturated rings. The van der Waals surface area contributed by atoms with E-state index in [0.29, 0.717) is 30.8 Å². The van der Waals surface area contributed by atoms with E-state index in [1.807, 2.05) is 6.92 Å². The molecule has 1 unspecified atom stereocenters. The van der Waals surface area contributed by atoms with Crippen molar-refractivity contribution in [1.29, 1.82) is 0 Å². The number of carbonyl (C=O) groups excluding carboxylic acids is 2. The quantitative estimate of drug-likeness (QED) is 0.729. The molecule has 2 aliphatic rings. The second-order valence-electron chi connectivity index (χ2n) is 6.13. The van der Waals surface area contributed by atoms with E-state index in [9.17, 15) is 9.59 Å². The van der Waals surface area contributed by atoms with Crippen LogP contribution in [0.5, 0.6) is 0 Å². The predicted octanol–water partition coefficient (Wildman–Crippen LogP) is 1.17. The molecule has 1 atom stereocenters. The zero-order valence-electron chi connectivity index (χ0n) is 14.5. The Morgan fingerprint density at radius 1 is 1.30 bits per heavy atom. The highest BCUT2D eigenvalue weighted by atomic mass is 32.1. The molecular formula is C17H17N7O2S. The molecule has 0 saturated carbocycles. The number of hydrogen-bond donors (Lipinski definition) is 3.